The summed E-state index contributed by atoms with van der Waals surface area (Å²) in [5.74, 6) is 1.04. The zero-order chi connectivity index (χ0) is 34.3. The fourth-order valence-electron chi connectivity index (χ4n) is 6.50. The highest BCUT2D eigenvalue weighted by Gasteiger charge is 2.13. The summed E-state index contributed by atoms with van der Waals surface area (Å²) in [6, 6.07) is 46.4. The van der Waals surface area contributed by atoms with Crippen LogP contribution in [0.25, 0.3) is 32.7 Å². The predicted molar refractivity (Wildman–Crippen MR) is 211 cm³/mol. The van der Waals surface area contributed by atoms with Crippen LogP contribution in [0.5, 0.6) is 0 Å². The Morgan fingerprint density at radius 2 is 1.36 bits per heavy atom. The molecule has 0 fully saturated rings. The lowest BCUT2D eigenvalue weighted by Gasteiger charge is -2.23. The van der Waals surface area contributed by atoms with Gasteiger partial charge >= 0.3 is 0 Å². The average Bonchev–Trinajstić information content (AvgIpc) is 3.15. The van der Waals surface area contributed by atoms with E-state index in [0.717, 1.165) is 58.6 Å². The van der Waals surface area contributed by atoms with Crippen LogP contribution in [-0.2, 0) is 13.1 Å². The monoisotopic (exact) mass is 651 g/mol. The van der Waals surface area contributed by atoms with Gasteiger partial charge in [0, 0.05) is 30.4 Å². The molecule has 4 N–H and O–H groups in total. The number of allylic oxidation sites excluding steroid dienone is 5. The lowest BCUT2D eigenvalue weighted by atomic mass is 9.93. The van der Waals surface area contributed by atoms with Crippen molar-refractivity contribution in [2.24, 2.45) is 21.5 Å². The van der Waals surface area contributed by atoms with Gasteiger partial charge in [-0.3, -0.25) is 4.99 Å². The van der Waals surface area contributed by atoms with Gasteiger partial charge < -0.3 is 16.4 Å². The molecule has 5 heteroatoms. The van der Waals surface area contributed by atoms with Gasteiger partial charge in [0.15, 0.2) is 5.84 Å². The van der Waals surface area contributed by atoms with Crippen LogP contribution < -0.4 is 11.5 Å². The van der Waals surface area contributed by atoms with E-state index in [-0.39, 0.29) is 0 Å². The number of benzene rings is 6. The van der Waals surface area contributed by atoms with Crippen LogP contribution in [-0.4, -0.2) is 23.6 Å². The van der Waals surface area contributed by atoms with E-state index in [1.807, 2.05) is 60.7 Å². The Balaban J connectivity index is 1.23. The minimum atomic E-state index is 0.436. The molecule has 6 aromatic carbocycles. The maximum atomic E-state index is 6.50. The number of nitrogens with zero attached hydrogens (tertiary/aromatic N) is 3. The summed E-state index contributed by atoms with van der Waals surface area (Å²) < 4.78 is 0. The van der Waals surface area contributed by atoms with Crippen LogP contribution in [0.3, 0.4) is 0 Å². The molecule has 0 spiro atoms. The van der Waals surface area contributed by atoms with Gasteiger partial charge in [-0.1, -0.05) is 127 Å². The molecule has 0 radical (unpaired) electrons. The van der Waals surface area contributed by atoms with Crippen molar-refractivity contribution in [3.05, 3.63) is 191 Å². The van der Waals surface area contributed by atoms with E-state index in [4.69, 9.17) is 21.5 Å². The topological polar surface area (TPSA) is 80.0 Å². The Morgan fingerprint density at radius 1 is 0.700 bits per heavy atom. The molecule has 0 saturated heterocycles. The third-order valence-corrected chi connectivity index (χ3v) is 9.16. The average molecular weight is 652 g/mol. The number of hydrogen-bond donors (Lipinski definition) is 2. The first-order valence-corrected chi connectivity index (χ1v) is 17.1. The second-order valence-electron chi connectivity index (χ2n) is 12.7. The fourth-order valence-corrected chi connectivity index (χ4v) is 6.50. The van der Waals surface area contributed by atoms with Gasteiger partial charge in [-0.05, 0) is 87.0 Å². The molecule has 7 rings (SSSR count). The van der Waals surface area contributed by atoms with E-state index in [1.54, 1.807) is 0 Å². The Kier molecular flexibility index (Phi) is 9.65. The highest BCUT2D eigenvalue weighted by Crippen LogP contribution is 2.32. The van der Waals surface area contributed by atoms with Crippen LogP contribution in [0, 0.1) is 0 Å². The largest absolute Gasteiger partial charge is 0.400 e. The molecule has 6 aromatic rings. The van der Waals surface area contributed by atoms with Crippen LogP contribution in [0.4, 0.5) is 0 Å². The van der Waals surface area contributed by atoms with E-state index in [9.17, 15) is 0 Å². The molecule has 1 aliphatic carbocycles. The van der Waals surface area contributed by atoms with Gasteiger partial charge in [0.25, 0.3) is 0 Å². The molecule has 0 saturated carbocycles. The molecular formula is C45H41N5. The SMILES string of the molecule is CN(Cc1ccc2cc(-c3cc4ccccc4cc3CN=C(N=C(N)c3ccccc3)c3ccccc3)ccc2c1)C1=C(N)CC/C=C/C=C1. The third-order valence-electron chi connectivity index (χ3n) is 9.16. The molecule has 0 amide bonds. The first-order valence-electron chi connectivity index (χ1n) is 17.1. The molecule has 0 atom stereocenters. The number of amidine groups is 2. The highest BCUT2D eigenvalue weighted by molar-refractivity contribution is 6.11. The van der Waals surface area contributed by atoms with E-state index < -0.39 is 0 Å². The molecule has 5 nitrogen and oxygen atoms in total. The summed E-state index contributed by atoms with van der Waals surface area (Å²) in [6.07, 6.45) is 10.3. The maximum Gasteiger partial charge on any atom is 0.157 e. The molecule has 50 heavy (non-hydrogen) atoms. The number of fused-ring (bicyclic) bond motifs is 2. The van der Waals surface area contributed by atoms with Crippen LogP contribution >= 0.6 is 0 Å². The Morgan fingerprint density at radius 3 is 2.14 bits per heavy atom. The van der Waals surface area contributed by atoms with Crippen molar-refractivity contribution >= 4 is 33.2 Å². The lowest BCUT2D eigenvalue weighted by Crippen LogP contribution is -2.20. The molecule has 0 bridgehead atoms. The standard InChI is InChI=1S/C45H41N5/c1-50(43-21-11-3-2-10-20-42(43)46)31-32-22-23-38-27-39(25-24-37(38)26-32)41-29-36-19-13-12-18-35(36)28-40(41)30-48-45(34-16-8-5-9-17-34)49-44(47)33-14-6-4-7-15-33/h2-9,11-19,21-29H,10,20,30-31,46H2,1H3,(H2,47,48,49)/b3-2+,21-11?,43-42?. The minimum Gasteiger partial charge on any atom is -0.400 e. The minimum absolute atomic E-state index is 0.436. The van der Waals surface area contributed by atoms with Gasteiger partial charge in [-0.15, -0.1) is 0 Å². The first-order chi connectivity index (χ1) is 24.5. The van der Waals surface area contributed by atoms with Crippen LogP contribution in [0.2, 0.25) is 0 Å². The number of nitrogens with two attached hydrogens (primary N) is 2. The number of hydrogen-bond acceptors (Lipinski definition) is 3. The summed E-state index contributed by atoms with van der Waals surface area (Å²) in [6.45, 7) is 1.22. The van der Waals surface area contributed by atoms with E-state index >= 15 is 0 Å². The van der Waals surface area contributed by atoms with Gasteiger partial charge in [-0.25, -0.2) is 4.99 Å². The smallest absolute Gasteiger partial charge is 0.157 e. The maximum absolute atomic E-state index is 6.50. The summed E-state index contributed by atoms with van der Waals surface area (Å²) in [5, 5.41) is 4.76. The zero-order valence-corrected chi connectivity index (χ0v) is 28.3. The van der Waals surface area contributed by atoms with E-state index in [0.29, 0.717) is 18.2 Å². The Hall–Kier alpha value is -6.20. The molecule has 246 valence electrons. The van der Waals surface area contributed by atoms with Crippen molar-refractivity contribution in [2.75, 3.05) is 7.05 Å². The molecule has 0 aliphatic heterocycles. The quantitative estimate of drug-likeness (QED) is 0.127. The fraction of sp³-hybridized carbons (Fsp3) is 0.111. The van der Waals surface area contributed by atoms with Crippen molar-refractivity contribution in [2.45, 2.75) is 25.9 Å². The molecule has 1 aliphatic rings. The highest BCUT2D eigenvalue weighted by atomic mass is 15.1. The van der Waals surface area contributed by atoms with Crippen LogP contribution in [0.1, 0.15) is 35.1 Å². The third kappa shape index (κ3) is 7.43. The Bertz CT molecular complexity index is 2300. The van der Waals surface area contributed by atoms with Crippen molar-refractivity contribution in [1.29, 1.82) is 0 Å². The summed E-state index contributed by atoms with van der Waals surface area (Å²) in [4.78, 5) is 12.2. The number of rotatable bonds is 8. The van der Waals surface area contributed by atoms with Crippen molar-refractivity contribution < 1.29 is 0 Å². The number of aliphatic imine (C=N–C) groups is 2. The Labute approximate surface area is 294 Å². The van der Waals surface area contributed by atoms with E-state index in [2.05, 4.69) is 109 Å². The van der Waals surface area contributed by atoms with Crippen molar-refractivity contribution in [1.82, 2.24) is 4.90 Å². The van der Waals surface area contributed by atoms with Gasteiger partial charge in [0.1, 0.15) is 5.84 Å². The number of likely N-dealkylation sites (N-methyl/N-ethyl adjacent to an activating group) is 1. The molecule has 0 aromatic heterocycles. The zero-order valence-electron chi connectivity index (χ0n) is 28.3. The van der Waals surface area contributed by atoms with Gasteiger partial charge in [-0.2, -0.15) is 0 Å². The van der Waals surface area contributed by atoms with Gasteiger partial charge in [0.2, 0.25) is 0 Å². The summed E-state index contributed by atoms with van der Waals surface area (Å²) in [7, 11) is 2.11. The second kappa shape index (κ2) is 14.9. The lowest BCUT2D eigenvalue weighted by molar-refractivity contribution is 0.417. The van der Waals surface area contributed by atoms with Crippen molar-refractivity contribution in [3.8, 4) is 11.1 Å². The normalized spacial score (nSPS) is 14.5. The molecule has 0 unspecified atom stereocenters. The first kappa shape index (κ1) is 32.4. The molecular weight excluding hydrogens is 611 g/mol. The van der Waals surface area contributed by atoms with Gasteiger partial charge in [0.05, 0.1) is 12.2 Å². The summed E-state index contributed by atoms with van der Waals surface area (Å²) in [5.41, 5.74) is 21.4. The predicted octanol–water partition coefficient (Wildman–Crippen LogP) is 9.52. The van der Waals surface area contributed by atoms with Crippen LogP contribution in [0.15, 0.2) is 179 Å². The van der Waals surface area contributed by atoms with Crippen molar-refractivity contribution in [3.63, 3.8) is 0 Å². The van der Waals surface area contributed by atoms with E-state index in [1.165, 1.54) is 27.1 Å². The second-order valence-corrected chi connectivity index (χ2v) is 12.7. The molecule has 0 heterocycles. The summed E-state index contributed by atoms with van der Waals surface area (Å²) >= 11 is 0.